The number of hydrogen-bond acceptors (Lipinski definition) is 9. The van der Waals surface area contributed by atoms with Crippen molar-refractivity contribution in [3.63, 3.8) is 0 Å². The standard InChI is InChI=1S/C16H25N3O7/c1-15(2)22-7-10(24-15)12-11(13-14(23-12)26-16(3,4)25-13)19-9(6-21)8(5-20)17-18-19/h10-14,20-21H,5-7H2,1-4H3/t10-,11+,12-,13-,14-/m1/s1. The van der Waals surface area contributed by atoms with Gasteiger partial charge in [-0.05, 0) is 27.7 Å². The molecule has 2 N–H and O–H groups in total. The first-order valence-corrected chi connectivity index (χ1v) is 8.72. The Kier molecular flexibility index (Phi) is 4.35. The molecule has 3 aliphatic rings. The van der Waals surface area contributed by atoms with E-state index in [-0.39, 0.29) is 19.3 Å². The van der Waals surface area contributed by atoms with Gasteiger partial charge in [-0.3, -0.25) is 0 Å². The van der Waals surface area contributed by atoms with Gasteiger partial charge in [-0.1, -0.05) is 5.21 Å². The molecule has 3 saturated heterocycles. The Balaban J connectivity index is 1.70. The number of ether oxygens (including phenoxy) is 5. The SMILES string of the molecule is CC1(C)O[C@H]2O[C@H]([C@H]3COC(C)(C)O3)[C@H](n3nnc(CO)c3CO)[C@H]2O1. The molecule has 0 spiro atoms. The maximum atomic E-state index is 9.78. The van der Waals surface area contributed by atoms with Crippen LogP contribution in [0.2, 0.25) is 0 Å². The van der Waals surface area contributed by atoms with Gasteiger partial charge >= 0.3 is 0 Å². The third kappa shape index (κ3) is 2.95. The number of aromatic nitrogens is 3. The maximum Gasteiger partial charge on any atom is 0.189 e. The molecule has 4 heterocycles. The minimum atomic E-state index is -0.801. The molecule has 0 amide bonds. The molecule has 0 aromatic carbocycles. The zero-order chi connectivity index (χ0) is 18.7. The van der Waals surface area contributed by atoms with Crippen LogP contribution in [0.5, 0.6) is 0 Å². The maximum absolute atomic E-state index is 9.78. The summed E-state index contributed by atoms with van der Waals surface area (Å²) in [6, 6.07) is -0.445. The Labute approximate surface area is 150 Å². The number of aliphatic hydroxyl groups excluding tert-OH is 2. The van der Waals surface area contributed by atoms with E-state index in [1.807, 2.05) is 27.7 Å². The van der Waals surface area contributed by atoms with Gasteiger partial charge in [0.05, 0.1) is 25.5 Å². The zero-order valence-corrected chi connectivity index (χ0v) is 15.3. The lowest BCUT2D eigenvalue weighted by atomic mass is 10.0. The summed E-state index contributed by atoms with van der Waals surface area (Å²) in [7, 11) is 0. The van der Waals surface area contributed by atoms with Crippen molar-refractivity contribution in [3.05, 3.63) is 11.4 Å². The zero-order valence-electron chi connectivity index (χ0n) is 15.3. The fourth-order valence-electron chi connectivity index (χ4n) is 3.85. The largest absolute Gasteiger partial charge is 0.390 e. The van der Waals surface area contributed by atoms with Crippen molar-refractivity contribution in [1.82, 2.24) is 15.0 Å². The Morgan fingerprint density at radius 1 is 1.04 bits per heavy atom. The lowest BCUT2D eigenvalue weighted by molar-refractivity contribution is -0.226. The highest BCUT2D eigenvalue weighted by atomic mass is 16.8. The normalized spacial score (nSPS) is 38.0. The van der Waals surface area contributed by atoms with Crippen LogP contribution in [0.3, 0.4) is 0 Å². The van der Waals surface area contributed by atoms with Crippen LogP contribution in [0.1, 0.15) is 45.1 Å². The highest BCUT2D eigenvalue weighted by molar-refractivity contribution is 5.12. The van der Waals surface area contributed by atoms with Crippen LogP contribution < -0.4 is 0 Å². The highest BCUT2D eigenvalue weighted by Gasteiger charge is 2.59. The molecule has 0 bridgehead atoms. The predicted octanol–water partition coefficient (Wildman–Crippen LogP) is -0.168. The minimum absolute atomic E-state index is 0.316. The molecule has 10 nitrogen and oxygen atoms in total. The summed E-state index contributed by atoms with van der Waals surface area (Å²) >= 11 is 0. The summed E-state index contributed by atoms with van der Waals surface area (Å²) < 4.78 is 31.2. The van der Waals surface area contributed by atoms with E-state index in [0.717, 1.165) is 0 Å². The van der Waals surface area contributed by atoms with Gasteiger partial charge in [0.15, 0.2) is 17.9 Å². The quantitative estimate of drug-likeness (QED) is 0.744. The molecule has 10 heteroatoms. The van der Waals surface area contributed by atoms with Crippen molar-refractivity contribution in [2.45, 2.75) is 83.1 Å². The first-order chi connectivity index (χ1) is 12.2. The van der Waals surface area contributed by atoms with Gasteiger partial charge < -0.3 is 33.9 Å². The molecule has 26 heavy (non-hydrogen) atoms. The number of aliphatic hydroxyl groups is 2. The van der Waals surface area contributed by atoms with E-state index in [4.69, 9.17) is 23.7 Å². The van der Waals surface area contributed by atoms with Crippen molar-refractivity contribution >= 4 is 0 Å². The van der Waals surface area contributed by atoms with E-state index >= 15 is 0 Å². The van der Waals surface area contributed by atoms with Crippen LogP contribution in [0, 0.1) is 0 Å². The van der Waals surface area contributed by atoms with Crippen molar-refractivity contribution in [2.24, 2.45) is 0 Å². The summed E-state index contributed by atoms with van der Waals surface area (Å²) in [6.07, 6.45) is -1.88. The van der Waals surface area contributed by atoms with Gasteiger partial charge in [0.25, 0.3) is 0 Å². The topological polar surface area (TPSA) is 117 Å². The number of fused-ring (bicyclic) bond motifs is 1. The summed E-state index contributed by atoms with van der Waals surface area (Å²) in [5, 5.41) is 27.4. The molecule has 3 aliphatic heterocycles. The van der Waals surface area contributed by atoms with Gasteiger partial charge in [-0.2, -0.15) is 0 Å². The third-order valence-electron chi connectivity index (χ3n) is 4.90. The first-order valence-electron chi connectivity index (χ1n) is 8.72. The molecule has 0 aliphatic carbocycles. The van der Waals surface area contributed by atoms with E-state index in [0.29, 0.717) is 18.0 Å². The number of hydrogen-bond donors (Lipinski definition) is 2. The first kappa shape index (κ1) is 18.2. The Morgan fingerprint density at radius 3 is 2.42 bits per heavy atom. The van der Waals surface area contributed by atoms with Gasteiger partial charge in [0, 0.05) is 0 Å². The Morgan fingerprint density at radius 2 is 1.81 bits per heavy atom. The molecular weight excluding hydrogens is 346 g/mol. The van der Waals surface area contributed by atoms with Gasteiger partial charge in [-0.15, -0.1) is 5.10 Å². The van der Waals surface area contributed by atoms with E-state index in [2.05, 4.69) is 10.3 Å². The lowest BCUT2D eigenvalue weighted by Crippen LogP contribution is -2.41. The van der Waals surface area contributed by atoms with Crippen LogP contribution in [-0.4, -0.2) is 68.0 Å². The summed E-state index contributed by atoms with van der Waals surface area (Å²) in [5.74, 6) is -1.51. The van der Waals surface area contributed by atoms with Crippen molar-refractivity contribution < 1.29 is 33.9 Å². The van der Waals surface area contributed by atoms with Crippen LogP contribution in [-0.2, 0) is 36.9 Å². The molecule has 146 valence electrons. The third-order valence-corrected chi connectivity index (χ3v) is 4.90. The Hall–Kier alpha value is -1.14. The van der Waals surface area contributed by atoms with Gasteiger partial charge in [0.2, 0.25) is 0 Å². The minimum Gasteiger partial charge on any atom is -0.390 e. The smallest absolute Gasteiger partial charge is 0.189 e. The Bertz CT molecular complexity index is 677. The molecule has 4 rings (SSSR count). The van der Waals surface area contributed by atoms with E-state index in [1.54, 1.807) is 4.68 Å². The van der Waals surface area contributed by atoms with E-state index in [1.165, 1.54) is 0 Å². The summed E-state index contributed by atoms with van der Waals surface area (Å²) in [5.41, 5.74) is 0.732. The average molecular weight is 371 g/mol. The van der Waals surface area contributed by atoms with Crippen molar-refractivity contribution in [1.29, 1.82) is 0 Å². The molecule has 5 atom stereocenters. The molecule has 0 radical (unpaired) electrons. The number of nitrogens with zero attached hydrogens (tertiary/aromatic N) is 3. The monoisotopic (exact) mass is 371 g/mol. The second kappa shape index (κ2) is 6.20. The predicted molar refractivity (Wildman–Crippen MR) is 84.5 cm³/mol. The molecule has 1 aromatic heterocycles. The van der Waals surface area contributed by atoms with Crippen LogP contribution in [0.25, 0.3) is 0 Å². The van der Waals surface area contributed by atoms with Crippen LogP contribution >= 0.6 is 0 Å². The lowest BCUT2D eigenvalue weighted by Gasteiger charge is -2.29. The summed E-state index contributed by atoms with van der Waals surface area (Å²) in [4.78, 5) is 0. The summed E-state index contributed by atoms with van der Waals surface area (Å²) in [6.45, 7) is 7.02. The van der Waals surface area contributed by atoms with Gasteiger partial charge in [0.1, 0.15) is 30.0 Å². The fraction of sp³-hybridized carbons (Fsp3) is 0.875. The average Bonchev–Trinajstić information content (AvgIpc) is 3.26. The van der Waals surface area contributed by atoms with E-state index < -0.39 is 36.1 Å². The van der Waals surface area contributed by atoms with E-state index in [9.17, 15) is 10.2 Å². The van der Waals surface area contributed by atoms with Crippen molar-refractivity contribution in [2.75, 3.05) is 6.61 Å². The van der Waals surface area contributed by atoms with Crippen LogP contribution in [0.15, 0.2) is 0 Å². The molecule has 0 unspecified atom stereocenters. The second-order valence-corrected chi connectivity index (χ2v) is 7.67. The fourth-order valence-corrected chi connectivity index (χ4v) is 3.85. The molecule has 0 saturated carbocycles. The molecule has 1 aromatic rings. The van der Waals surface area contributed by atoms with Crippen LogP contribution in [0.4, 0.5) is 0 Å². The highest BCUT2D eigenvalue weighted by Crippen LogP contribution is 2.46. The molecule has 3 fully saturated rings. The van der Waals surface area contributed by atoms with Gasteiger partial charge in [-0.25, -0.2) is 4.68 Å². The second-order valence-electron chi connectivity index (χ2n) is 7.67. The number of rotatable bonds is 4. The molecular formula is C16H25N3O7. The van der Waals surface area contributed by atoms with Crippen molar-refractivity contribution in [3.8, 4) is 0 Å².